The first kappa shape index (κ1) is 14.5. The van der Waals surface area contributed by atoms with Crippen molar-refractivity contribution in [3.05, 3.63) is 24.0 Å². The molecule has 1 aromatic rings. The Morgan fingerprint density at radius 1 is 1.55 bits per heavy atom. The average Bonchev–Trinajstić information content (AvgIpc) is 2.45. The second kappa shape index (κ2) is 6.47. The molecule has 0 radical (unpaired) electrons. The standard InChI is InChI=1S/C14H19N3O3/c1-3-12-9-20-10(2)8-17(12)14-15-6-11(7-16-14)4-5-13(18)19/h4-7,10,12H,3,8-9H2,1-2H3,(H,18,19)/b5-4+. The molecule has 1 fully saturated rings. The maximum Gasteiger partial charge on any atom is 0.328 e. The molecule has 1 aliphatic heterocycles. The normalized spacial score (nSPS) is 23.2. The van der Waals surface area contributed by atoms with E-state index in [4.69, 9.17) is 9.84 Å². The number of hydrogen-bond donors (Lipinski definition) is 1. The number of ether oxygens (including phenoxy) is 1. The third-order valence-corrected chi connectivity index (χ3v) is 3.27. The van der Waals surface area contributed by atoms with Crippen molar-refractivity contribution in [1.82, 2.24) is 9.97 Å². The Labute approximate surface area is 118 Å². The minimum Gasteiger partial charge on any atom is -0.478 e. The van der Waals surface area contributed by atoms with Gasteiger partial charge in [0.1, 0.15) is 0 Å². The fourth-order valence-corrected chi connectivity index (χ4v) is 2.16. The molecule has 0 saturated carbocycles. The van der Waals surface area contributed by atoms with Gasteiger partial charge in [-0.25, -0.2) is 14.8 Å². The molecule has 108 valence electrons. The van der Waals surface area contributed by atoms with E-state index in [1.54, 1.807) is 12.4 Å². The molecule has 1 aromatic heterocycles. The second-order valence-electron chi connectivity index (χ2n) is 4.85. The lowest BCUT2D eigenvalue weighted by atomic mass is 10.1. The number of morpholine rings is 1. The molecule has 20 heavy (non-hydrogen) atoms. The number of carboxylic acid groups (broad SMARTS) is 1. The zero-order valence-electron chi connectivity index (χ0n) is 11.7. The largest absolute Gasteiger partial charge is 0.478 e. The van der Waals surface area contributed by atoms with Gasteiger partial charge in [-0.1, -0.05) is 6.92 Å². The van der Waals surface area contributed by atoms with Crippen LogP contribution in [0.25, 0.3) is 6.08 Å². The molecule has 2 rings (SSSR count). The van der Waals surface area contributed by atoms with Crippen LogP contribution in [0.15, 0.2) is 18.5 Å². The number of aliphatic carboxylic acids is 1. The molecule has 2 unspecified atom stereocenters. The summed E-state index contributed by atoms with van der Waals surface area (Å²) in [5.74, 6) is -0.318. The summed E-state index contributed by atoms with van der Waals surface area (Å²) < 4.78 is 5.65. The van der Waals surface area contributed by atoms with E-state index in [2.05, 4.69) is 21.8 Å². The molecule has 0 aliphatic carbocycles. The van der Waals surface area contributed by atoms with Crippen molar-refractivity contribution in [3.8, 4) is 0 Å². The average molecular weight is 277 g/mol. The summed E-state index contributed by atoms with van der Waals surface area (Å²) >= 11 is 0. The molecule has 0 amide bonds. The van der Waals surface area contributed by atoms with Crippen LogP contribution in [0.4, 0.5) is 5.95 Å². The van der Waals surface area contributed by atoms with E-state index in [1.807, 2.05) is 6.92 Å². The van der Waals surface area contributed by atoms with Gasteiger partial charge in [0.25, 0.3) is 0 Å². The van der Waals surface area contributed by atoms with Gasteiger partial charge >= 0.3 is 5.97 Å². The molecular formula is C14H19N3O3. The van der Waals surface area contributed by atoms with E-state index >= 15 is 0 Å². The predicted octanol–water partition coefficient (Wildman–Crippen LogP) is 1.58. The Morgan fingerprint density at radius 2 is 2.25 bits per heavy atom. The Hall–Kier alpha value is -1.95. The molecule has 0 bridgehead atoms. The van der Waals surface area contributed by atoms with Crippen LogP contribution >= 0.6 is 0 Å². The first-order valence-electron chi connectivity index (χ1n) is 6.71. The fourth-order valence-electron chi connectivity index (χ4n) is 2.16. The van der Waals surface area contributed by atoms with Crippen LogP contribution in [0.5, 0.6) is 0 Å². The SMILES string of the molecule is CCC1COC(C)CN1c1ncc(/C=C/C(=O)O)cn1. The van der Waals surface area contributed by atoms with Gasteiger partial charge in [0.2, 0.25) is 5.95 Å². The van der Waals surface area contributed by atoms with Crippen molar-refractivity contribution >= 4 is 18.0 Å². The van der Waals surface area contributed by atoms with Crippen LogP contribution < -0.4 is 4.90 Å². The molecule has 6 heteroatoms. The summed E-state index contributed by atoms with van der Waals surface area (Å²) in [6, 6.07) is 0.284. The lowest BCUT2D eigenvalue weighted by Crippen LogP contribution is -2.49. The summed E-state index contributed by atoms with van der Waals surface area (Å²) in [5.41, 5.74) is 0.672. The monoisotopic (exact) mass is 277 g/mol. The number of nitrogens with zero attached hydrogens (tertiary/aromatic N) is 3. The number of anilines is 1. The van der Waals surface area contributed by atoms with E-state index in [9.17, 15) is 4.79 Å². The Morgan fingerprint density at radius 3 is 2.85 bits per heavy atom. The lowest BCUT2D eigenvalue weighted by molar-refractivity contribution is -0.131. The number of hydrogen-bond acceptors (Lipinski definition) is 5. The van der Waals surface area contributed by atoms with E-state index < -0.39 is 5.97 Å². The molecular weight excluding hydrogens is 258 g/mol. The minimum absolute atomic E-state index is 0.160. The Balaban J connectivity index is 2.13. The summed E-state index contributed by atoms with van der Waals surface area (Å²) in [5, 5.41) is 8.58. The van der Waals surface area contributed by atoms with Crippen LogP contribution in [0.1, 0.15) is 25.8 Å². The zero-order valence-corrected chi connectivity index (χ0v) is 11.7. The fraction of sp³-hybridized carbons (Fsp3) is 0.500. The molecule has 1 N–H and O–H groups in total. The van der Waals surface area contributed by atoms with E-state index in [1.165, 1.54) is 6.08 Å². The predicted molar refractivity (Wildman–Crippen MR) is 75.5 cm³/mol. The van der Waals surface area contributed by atoms with Crippen molar-refractivity contribution in [3.63, 3.8) is 0 Å². The summed E-state index contributed by atoms with van der Waals surface area (Å²) in [4.78, 5) is 21.3. The van der Waals surface area contributed by atoms with Crippen molar-refractivity contribution in [1.29, 1.82) is 0 Å². The van der Waals surface area contributed by atoms with Crippen molar-refractivity contribution < 1.29 is 14.6 Å². The highest BCUT2D eigenvalue weighted by Gasteiger charge is 2.27. The van der Waals surface area contributed by atoms with Crippen LogP contribution in [0, 0.1) is 0 Å². The molecule has 0 aromatic carbocycles. The van der Waals surface area contributed by atoms with E-state index in [-0.39, 0.29) is 12.1 Å². The van der Waals surface area contributed by atoms with Gasteiger partial charge in [0, 0.05) is 30.6 Å². The number of carbonyl (C=O) groups is 1. The maximum atomic E-state index is 10.5. The smallest absolute Gasteiger partial charge is 0.328 e. The summed E-state index contributed by atoms with van der Waals surface area (Å²) in [6.45, 7) is 5.59. The summed E-state index contributed by atoms with van der Waals surface area (Å²) in [6.07, 6.45) is 6.95. The van der Waals surface area contributed by atoms with Crippen molar-refractivity contribution in [2.24, 2.45) is 0 Å². The van der Waals surface area contributed by atoms with Gasteiger partial charge in [0.15, 0.2) is 0 Å². The van der Waals surface area contributed by atoms with Gasteiger partial charge in [-0.2, -0.15) is 0 Å². The minimum atomic E-state index is -0.984. The van der Waals surface area contributed by atoms with Crippen LogP contribution in [0.3, 0.4) is 0 Å². The van der Waals surface area contributed by atoms with Gasteiger partial charge in [-0.15, -0.1) is 0 Å². The van der Waals surface area contributed by atoms with Gasteiger partial charge in [0.05, 0.1) is 18.8 Å². The topological polar surface area (TPSA) is 75.5 Å². The number of carboxylic acids is 1. The van der Waals surface area contributed by atoms with Crippen LogP contribution in [-0.2, 0) is 9.53 Å². The number of aromatic nitrogens is 2. The molecule has 6 nitrogen and oxygen atoms in total. The highest BCUT2D eigenvalue weighted by molar-refractivity contribution is 5.85. The van der Waals surface area contributed by atoms with Gasteiger partial charge < -0.3 is 14.7 Å². The van der Waals surface area contributed by atoms with E-state index in [0.717, 1.165) is 19.0 Å². The van der Waals surface area contributed by atoms with Crippen LogP contribution in [-0.4, -0.2) is 46.3 Å². The first-order valence-corrected chi connectivity index (χ1v) is 6.71. The van der Waals surface area contributed by atoms with E-state index in [0.29, 0.717) is 18.1 Å². The molecule has 2 atom stereocenters. The third-order valence-electron chi connectivity index (χ3n) is 3.27. The Bertz CT molecular complexity index is 487. The molecule has 1 saturated heterocycles. The van der Waals surface area contributed by atoms with Gasteiger partial charge in [-0.05, 0) is 19.4 Å². The quantitative estimate of drug-likeness (QED) is 0.842. The van der Waals surface area contributed by atoms with Crippen LogP contribution in [0.2, 0.25) is 0 Å². The zero-order chi connectivity index (χ0) is 14.5. The second-order valence-corrected chi connectivity index (χ2v) is 4.85. The highest BCUT2D eigenvalue weighted by atomic mass is 16.5. The Kier molecular flexibility index (Phi) is 4.68. The molecule has 2 heterocycles. The molecule has 0 spiro atoms. The summed E-state index contributed by atoms with van der Waals surface area (Å²) in [7, 11) is 0. The maximum absolute atomic E-state index is 10.5. The highest BCUT2D eigenvalue weighted by Crippen LogP contribution is 2.19. The molecule has 1 aliphatic rings. The lowest BCUT2D eigenvalue weighted by Gasteiger charge is -2.38. The van der Waals surface area contributed by atoms with Crippen molar-refractivity contribution in [2.45, 2.75) is 32.4 Å². The third kappa shape index (κ3) is 3.54. The number of rotatable bonds is 4. The first-order chi connectivity index (χ1) is 9.60. The van der Waals surface area contributed by atoms with Crippen molar-refractivity contribution in [2.75, 3.05) is 18.1 Å². The van der Waals surface area contributed by atoms with Gasteiger partial charge in [-0.3, -0.25) is 0 Å².